The summed E-state index contributed by atoms with van der Waals surface area (Å²) in [7, 11) is 1.22. The number of esters is 1. The van der Waals surface area contributed by atoms with Crippen molar-refractivity contribution in [2.75, 3.05) is 7.11 Å². The molecule has 2 atom stereocenters. The van der Waals surface area contributed by atoms with Crippen LogP contribution in [0, 0.1) is 0 Å². The number of nitrogens with one attached hydrogen (secondary N) is 1. The van der Waals surface area contributed by atoms with Gasteiger partial charge in [0.15, 0.2) is 6.04 Å². The molecule has 0 unspecified atom stereocenters. The number of aliphatic carboxylic acids is 1. The van der Waals surface area contributed by atoms with Crippen LogP contribution in [0.15, 0.2) is 84.9 Å². The number of benzene rings is 3. The summed E-state index contributed by atoms with van der Waals surface area (Å²) in [5, 5.41) is 11.1. The standard InChI is InChI=1S/C30H34N2O6/c1-21(2)25-17-11-10-16-24(25)19-26(28(33)34)31-32(30(36)38-20-23-14-8-5-9-15-23)27(29(35)37-3)18-22-12-6-4-7-13-22/h4-17,21,26-27,31H,18-20H2,1-3H3,(H,33,34)/t26-,27-/m0/s1. The van der Waals surface area contributed by atoms with Crippen molar-refractivity contribution < 1.29 is 29.0 Å². The number of hydrogen-bond donors (Lipinski definition) is 2. The largest absolute Gasteiger partial charge is 0.480 e. The summed E-state index contributed by atoms with van der Waals surface area (Å²) in [4.78, 5) is 38.7. The number of ether oxygens (including phenoxy) is 2. The molecule has 0 saturated carbocycles. The summed E-state index contributed by atoms with van der Waals surface area (Å²) in [6.07, 6.45) is -0.704. The summed E-state index contributed by atoms with van der Waals surface area (Å²) >= 11 is 0. The lowest BCUT2D eigenvalue weighted by Gasteiger charge is -2.32. The summed E-state index contributed by atoms with van der Waals surface area (Å²) in [6.45, 7) is 4.01. The maximum Gasteiger partial charge on any atom is 0.425 e. The fourth-order valence-corrected chi connectivity index (χ4v) is 4.17. The summed E-state index contributed by atoms with van der Waals surface area (Å²) in [5.41, 5.74) is 6.15. The van der Waals surface area contributed by atoms with Crippen LogP contribution in [0.25, 0.3) is 0 Å². The second-order valence-electron chi connectivity index (χ2n) is 9.22. The molecule has 3 aromatic carbocycles. The zero-order chi connectivity index (χ0) is 27.5. The van der Waals surface area contributed by atoms with Gasteiger partial charge in [0.05, 0.1) is 7.11 Å². The van der Waals surface area contributed by atoms with Gasteiger partial charge in [0.2, 0.25) is 0 Å². The molecule has 0 heterocycles. The highest BCUT2D eigenvalue weighted by molar-refractivity contribution is 5.82. The Labute approximate surface area is 223 Å². The van der Waals surface area contributed by atoms with E-state index in [-0.39, 0.29) is 25.4 Å². The quantitative estimate of drug-likeness (QED) is 0.264. The number of methoxy groups -OCH3 is 1. The lowest BCUT2D eigenvalue weighted by atomic mass is 9.93. The van der Waals surface area contributed by atoms with Crippen LogP contribution < -0.4 is 5.43 Å². The van der Waals surface area contributed by atoms with E-state index in [1.165, 1.54) is 7.11 Å². The van der Waals surface area contributed by atoms with Crippen LogP contribution in [-0.2, 0) is 38.5 Å². The average Bonchev–Trinajstić information content (AvgIpc) is 2.93. The first-order valence-corrected chi connectivity index (χ1v) is 12.5. The third kappa shape index (κ3) is 7.91. The Morgan fingerprint density at radius 1 is 0.842 bits per heavy atom. The first kappa shape index (κ1) is 28.4. The lowest BCUT2D eigenvalue weighted by molar-refractivity contribution is -0.150. The molecule has 0 saturated heterocycles. The van der Waals surface area contributed by atoms with Crippen molar-refractivity contribution in [3.63, 3.8) is 0 Å². The molecule has 200 valence electrons. The van der Waals surface area contributed by atoms with Crippen molar-refractivity contribution in [2.24, 2.45) is 0 Å². The summed E-state index contributed by atoms with van der Waals surface area (Å²) in [6, 6.07) is 23.4. The number of carbonyl (C=O) groups is 3. The molecule has 0 radical (unpaired) electrons. The fraction of sp³-hybridized carbons (Fsp3) is 0.300. The van der Waals surface area contributed by atoms with E-state index in [0.29, 0.717) is 0 Å². The predicted octanol–water partition coefficient (Wildman–Crippen LogP) is 4.73. The van der Waals surface area contributed by atoms with Gasteiger partial charge < -0.3 is 14.6 Å². The number of hydrazine groups is 1. The Balaban J connectivity index is 1.93. The van der Waals surface area contributed by atoms with E-state index in [9.17, 15) is 19.5 Å². The van der Waals surface area contributed by atoms with Gasteiger partial charge in [-0.25, -0.2) is 20.0 Å². The van der Waals surface area contributed by atoms with E-state index in [1.54, 1.807) is 12.1 Å². The highest BCUT2D eigenvalue weighted by Crippen LogP contribution is 2.21. The second kappa shape index (κ2) is 13.9. The number of carbonyl (C=O) groups excluding carboxylic acids is 2. The number of carboxylic acids is 1. The van der Waals surface area contributed by atoms with Crippen LogP contribution in [0.2, 0.25) is 0 Å². The van der Waals surface area contributed by atoms with Gasteiger partial charge in [0, 0.05) is 12.8 Å². The summed E-state index contributed by atoms with van der Waals surface area (Å²) < 4.78 is 10.5. The molecule has 3 rings (SSSR count). The Kier molecular flexibility index (Phi) is 10.4. The fourth-order valence-electron chi connectivity index (χ4n) is 4.17. The molecule has 0 aliphatic carbocycles. The van der Waals surface area contributed by atoms with Gasteiger partial charge in [-0.05, 0) is 28.2 Å². The van der Waals surface area contributed by atoms with E-state index in [2.05, 4.69) is 5.43 Å². The third-order valence-electron chi connectivity index (χ3n) is 6.15. The molecule has 0 bridgehead atoms. The highest BCUT2D eigenvalue weighted by atomic mass is 16.6. The minimum absolute atomic E-state index is 0.0506. The first-order chi connectivity index (χ1) is 18.3. The van der Waals surface area contributed by atoms with Gasteiger partial charge >= 0.3 is 18.0 Å². The smallest absolute Gasteiger partial charge is 0.425 e. The van der Waals surface area contributed by atoms with Crippen LogP contribution in [-0.4, -0.2) is 47.3 Å². The van der Waals surface area contributed by atoms with Crippen LogP contribution in [0.1, 0.15) is 42.0 Å². The molecular formula is C30H34N2O6. The van der Waals surface area contributed by atoms with Gasteiger partial charge in [0.1, 0.15) is 12.6 Å². The number of hydrogen-bond acceptors (Lipinski definition) is 6. The molecule has 0 fully saturated rings. The monoisotopic (exact) mass is 518 g/mol. The lowest BCUT2D eigenvalue weighted by Crippen LogP contribution is -2.59. The Morgan fingerprint density at radius 3 is 2.00 bits per heavy atom. The molecule has 3 aromatic rings. The van der Waals surface area contributed by atoms with E-state index < -0.39 is 30.1 Å². The van der Waals surface area contributed by atoms with E-state index in [4.69, 9.17) is 9.47 Å². The molecule has 38 heavy (non-hydrogen) atoms. The number of carboxylic acid groups (broad SMARTS) is 1. The molecule has 0 aliphatic heterocycles. The van der Waals surface area contributed by atoms with E-state index in [1.807, 2.05) is 86.6 Å². The zero-order valence-corrected chi connectivity index (χ0v) is 21.9. The molecular weight excluding hydrogens is 484 g/mol. The Bertz CT molecular complexity index is 1200. The molecule has 0 aliphatic rings. The van der Waals surface area contributed by atoms with Crippen molar-refractivity contribution in [1.29, 1.82) is 0 Å². The van der Waals surface area contributed by atoms with Crippen LogP contribution in [0.5, 0.6) is 0 Å². The van der Waals surface area contributed by atoms with Crippen molar-refractivity contribution in [3.8, 4) is 0 Å². The second-order valence-corrected chi connectivity index (χ2v) is 9.22. The van der Waals surface area contributed by atoms with Crippen LogP contribution in [0.4, 0.5) is 4.79 Å². The SMILES string of the molecule is COC(=O)[C@H](Cc1ccccc1)N(N[C@@H](Cc1ccccc1C(C)C)C(=O)O)C(=O)OCc1ccccc1. The molecule has 2 N–H and O–H groups in total. The third-order valence-corrected chi connectivity index (χ3v) is 6.15. The van der Waals surface area contributed by atoms with Crippen molar-refractivity contribution in [3.05, 3.63) is 107 Å². The maximum absolute atomic E-state index is 13.4. The van der Waals surface area contributed by atoms with Crippen molar-refractivity contribution in [1.82, 2.24) is 10.4 Å². The number of amides is 1. The molecule has 8 nitrogen and oxygen atoms in total. The van der Waals surface area contributed by atoms with Gasteiger partial charge in [-0.15, -0.1) is 0 Å². The first-order valence-electron chi connectivity index (χ1n) is 12.5. The molecule has 0 aromatic heterocycles. The van der Waals surface area contributed by atoms with E-state index >= 15 is 0 Å². The molecule has 1 amide bonds. The van der Waals surface area contributed by atoms with Crippen molar-refractivity contribution in [2.45, 2.75) is 51.3 Å². The van der Waals surface area contributed by atoms with Gasteiger partial charge in [0.25, 0.3) is 0 Å². The summed E-state index contributed by atoms with van der Waals surface area (Å²) in [5.74, 6) is -1.70. The van der Waals surface area contributed by atoms with Gasteiger partial charge in [-0.1, -0.05) is 98.8 Å². The van der Waals surface area contributed by atoms with Crippen LogP contribution in [0.3, 0.4) is 0 Å². The van der Waals surface area contributed by atoms with Gasteiger partial charge in [-0.3, -0.25) is 4.79 Å². The Hall–Kier alpha value is -4.17. The molecule has 8 heteroatoms. The van der Waals surface area contributed by atoms with Gasteiger partial charge in [-0.2, -0.15) is 0 Å². The van der Waals surface area contributed by atoms with Crippen LogP contribution >= 0.6 is 0 Å². The normalized spacial score (nSPS) is 12.4. The number of rotatable bonds is 12. The minimum Gasteiger partial charge on any atom is -0.480 e. The zero-order valence-electron chi connectivity index (χ0n) is 21.9. The topological polar surface area (TPSA) is 105 Å². The Morgan fingerprint density at radius 2 is 1.42 bits per heavy atom. The van der Waals surface area contributed by atoms with Crippen molar-refractivity contribution >= 4 is 18.0 Å². The average molecular weight is 519 g/mol. The maximum atomic E-state index is 13.4. The predicted molar refractivity (Wildman–Crippen MR) is 143 cm³/mol. The molecule has 0 spiro atoms. The minimum atomic E-state index is -1.22. The number of nitrogens with zero attached hydrogens (tertiary/aromatic N) is 1. The highest BCUT2D eigenvalue weighted by Gasteiger charge is 2.36. The van der Waals surface area contributed by atoms with E-state index in [0.717, 1.165) is 27.3 Å².